The lowest BCUT2D eigenvalue weighted by atomic mass is 10.1. The third-order valence-corrected chi connectivity index (χ3v) is 4.42. The number of hydrogen-bond donors (Lipinski definition) is 0. The molecular weight excluding hydrogens is 338 g/mol. The van der Waals surface area contributed by atoms with Crippen molar-refractivity contribution in [2.75, 3.05) is 11.4 Å². The quantitative estimate of drug-likeness (QED) is 0.680. The highest BCUT2D eigenvalue weighted by atomic mass is 35.5. The Morgan fingerprint density at radius 1 is 1.24 bits per heavy atom. The molecule has 2 aromatic heterocycles. The van der Waals surface area contributed by atoms with Crippen molar-refractivity contribution in [1.82, 2.24) is 10.1 Å². The highest BCUT2D eigenvalue weighted by molar-refractivity contribution is 6.30. The van der Waals surface area contributed by atoms with Gasteiger partial charge in [-0.15, -0.1) is 0 Å². The second-order valence-corrected chi connectivity index (χ2v) is 6.59. The zero-order valence-corrected chi connectivity index (χ0v) is 14.2. The number of carbonyl (C=O) groups excluding carboxylic acids is 1. The van der Waals surface area contributed by atoms with E-state index in [9.17, 15) is 4.79 Å². The standard InChI is InChI=1S/C19H16ClN3O2/c20-15-4-1-3-14(9-15)17-10-18(25-22-17)19(24)23(12-13-6-7-13)16-5-2-8-21-11-16/h1-5,8-11,13H,6-7,12H2. The first-order chi connectivity index (χ1) is 12.2. The number of rotatable bonds is 5. The van der Waals surface area contributed by atoms with Crippen LogP contribution in [0.4, 0.5) is 5.69 Å². The van der Waals surface area contributed by atoms with E-state index in [1.54, 1.807) is 35.5 Å². The first-order valence-corrected chi connectivity index (χ1v) is 8.53. The van der Waals surface area contributed by atoms with Gasteiger partial charge in [0.25, 0.3) is 5.91 Å². The molecular formula is C19H16ClN3O2. The summed E-state index contributed by atoms with van der Waals surface area (Å²) in [7, 11) is 0. The topological polar surface area (TPSA) is 59.2 Å². The fourth-order valence-electron chi connectivity index (χ4n) is 2.67. The third kappa shape index (κ3) is 3.56. The third-order valence-electron chi connectivity index (χ3n) is 4.18. The van der Waals surface area contributed by atoms with Crippen LogP contribution >= 0.6 is 11.6 Å². The lowest BCUT2D eigenvalue weighted by Crippen LogP contribution is -2.32. The predicted octanol–water partition coefficient (Wildman–Crippen LogP) is 4.45. The maximum absolute atomic E-state index is 13.0. The van der Waals surface area contributed by atoms with Gasteiger partial charge in [0.2, 0.25) is 5.76 Å². The van der Waals surface area contributed by atoms with Gasteiger partial charge in [-0.1, -0.05) is 28.9 Å². The van der Waals surface area contributed by atoms with Gasteiger partial charge in [-0.05, 0) is 43.0 Å². The Kier molecular flexibility index (Phi) is 4.24. The van der Waals surface area contributed by atoms with Crippen LogP contribution in [-0.2, 0) is 0 Å². The van der Waals surface area contributed by atoms with Crippen LogP contribution in [0.25, 0.3) is 11.3 Å². The minimum absolute atomic E-state index is 0.208. The number of anilines is 1. The summed E-state index contributed by atoms with van der Waals surface area (Å²) < 4.78 is 5.32. The molecule has 4 rings (SSSR count). The van der Waals surface area contributed by atoms with Gasteiger partial charge >= 0.3 is 0 Å². The van der Waals surface area contributed by atoms with Gasteiger partial charge in [0.15, 0.2) is 0 Å². The smallest absolute Gasteiger partial charge is 0.296 e. The van der Waals surface area contributed by atoms with Gasteiger partial charge in [-0.25, -0.2) is 0 Å². The van der Waals surface area contributed by atoms with Crippen molar-refractivity contribution in [3.8, 4) is 11.3 Å². The number of hydrogen-bond acceptors (Lipinski definition) is 4. The zero-order chi connectivity index (χ0) is 17.2. The number of carbonyl (C=O) groups is 1. The van der Waals surface area contributed by atoms with Gasteiger partial charge in [0.05, 0.1) is 11.9 Å². The van der Waals surface area contributed by atoms with Gasteiger partial charge in [-0.3, -0.25) is 9.78 Å². The highest BCUT2D eigenvalue weighted by Crippen LogP contribution is 2.32. The van der Waals surface area contributed by atoms with Crippen LogP contribution in [0, 0.1) is 5.92 Å². The van der Waals surface area contributed by atoms with E-state index in [4.69, 9.17) is 16.1 Å². The minimum Gasteiger partial charge on any atom is -0.350 e. The molecule has 0 atom stereocenters. The van der Waals surface area contributed by atoms with Crippen molar-refractivity contribution in [2.24, 2.45) is 5.92 Å². The van der Waals surface area contributed by atoms with Gasteiger partial charge in [0, 0.05) is 29.4 Å². The molecule has 0 radical (unpaired) electrons. The van der Waals surface area contributed by atoms with Crippen LogP contribution in [0.2, 0.25) is 5.02 Å². The molecule has 3 aromatic rings. The second-order valence-electron chi connectivity index (χ2n) is 6.16. The Morgan fingerprint density at radius 2 is 2.12 bits per heavy atom. The molecule has 0 aliphatic heterocycles. The molecule has 2 heterocycles. The molecule has 1 aliphatic carbocycles. The Balaban J connectivity index is 1.62. The molecule has 1 saturated carbocycles. The molecule has 0 saturated heterocycles. The molecule has 1 amide bonds. The summed E-state index contributed by atoms with van der Waals surface area (Å²) in [5.41, 5.74) is 2.16. The van der Waals surface area contributed by atoms with Crippen molar-refractivity contribution in [3.63, 3.8) is 0 Å². The Morgan fingerprint density at radius 3 is 2.84 bits per heavy atom. The van der Waals surface area contributed by atoms with Crippen LogP contribution in [0.5, 0.6) is 0 Å². The van der Waals surface area contributed by atoms with E-state index in [-0.39, 0.29) is 11.7 Å². The Hall–Kier alpha value is -2.66. The van der Waals surface area contributed by atoms with Crippen LogP contribution in [-0.4, -0.2) is 22.6 Å². The molecule has 1 aromatic carbocycles. The van der Waals surface area contributed by atoms with Crippen molar-refractivity contribution >= 4 is 23.2 Å². The summed E-state index contributed by atoms with van der Waals surface area (Å²) in [6.07, 6.45) is 5.67. The summed E-state index contributed by atoms with van der Waals surface area (Å²) in [6.45, 7) is 0.664. The fraction of sp³-hybridized carbons (Fsp3) is 0.211. The SMILES string of the molecule is O=C(c1cc(-c2cccc(Cl)c2)no1)N(CC1CC1)c1cccnc1. The number of nitrogens with zero attached hydrogens (tertiary/aromatic N) is 3. The number of halogens is 1. The van der Waals surface area contributed by atoms with Crippen LogP contribution in [0.1, 0.15) is 23.4 Å². The Bertz CT molecular complexity index is 890. The van der Waals surface area contributed by atoms with Crippen molar-refractivity contribution in [2.45, 2.75) is 12.8 Å². The van der Waals surface area contributed by atoms with Crippen LogP contribution in [0.3, 0.4) is 0 Å². The summed E-state index contributed by atoms with van der Waals surface area (Å²) in [4.78, 5) is 18.8. The van der Waals surface area contributed by atoms with E-state index < -0.39 is 0 Å². The Labute approximate surface area is 150 Å². The molecule has 0 N–H and O–H groups in total. The molecule has 0 unspecified atom stereocenters. The average Bonchev–Trinajstić information content (AvgIpc) is 3.32. The highest BCUT2D eigenvalue weighted by Gasteiger charge is 2.30. The lowest BCUT2D eigenvalue weighted by Gasteiger charge is -2.20. The summed E-state index contributed by atoms with van der Waals surface area (Å²) in [6, 6.07) is 12.6. The zero-order valence-electron chi connectivity index (χ0n) is 13.4. The summed E-state index contributed by atoms with van der Waals surface area (Å²) >= 11 is 6.02. The molecule has 1 aliphatic rings. The number of aromatic nitrogens is 2. The van der Waals surface area contributed by atoms with E-state index in [0.29, 0.717) is 23.2 Å². The number of benzene rings is 1. The molecule has 0 bridgehead atoms. The second kappa shape index (κ2) is 6.69. The monoisotopic (exact) mass is 353 g/mol. The predicted molar refractivity (Wildman–Crippen MR) is 95.6 cm³/mol. The molecule has 126 valence electrons. The van der Waals surface area contributed by atoms with Gasteiger partial charge < -0.3 is 9.42 Å². The first-order valence-electron chi connectivity index (χ1n) is 8.15. The number of amides is 1. The van der Waals surface area contributed by atoms with Crippen molar-refractivity contribution in [1.29, 1.82) is 0 Å². The fourth-order valence-corrected chi connectivity index (χ4v) is 2.86. The van der Waals surface area contributed by atoms with Gasteiger partial charge in [-0.2, -0.15) is 0 Å². The largest absolute Gasteiger partial charge is 0.350 e. The molecule has 25 heavy (non-hydrogen) atoms. The number of pyridine rings is 1. The van der Waals surface area contributed by atoms with E-state index >= 15 is 0 Å². The summed E-state index contributed by atoms with van der Waals surface area (Å²) in [5.74, 6) is 0.541. The van der Waals surface area contributed by atoms with Crippen molar-refractivity contribution < 1.29 is 9.32 Å². The van der Waals surface area contributed by atoms with Crippen LogP contribution in [0.15, 0.2) is 59.4 Å². The average molecular weight is 354 g/mol. The molecule has 0 spiro atoms. The van der Waals surface area contributed by atoms with E-state index in [1.807, 2.05) is 24.3 Å². The van der Waals surface area contributed by atoms with E-state index in [1.165, 1.54) is 0 Å². The van der Waals surface area contributed by atoms with E-state index in [2.05, 4.69) is 10.1 Å². The minimum atomic E-state index is -0.208. The summed E-state index contributed by atoms with van der Waals surface area (Å²) in [5, 5.41) is 4.63. The maximum atomic E-state index is 13.0. The van der Waals surface area contributed by atoms with Gasteiger partial charge in [0.1, 0.15) is 5.69 Å². The normalized spacial score (nSPS) is 13.6. The van der Waals surface area contributed by atoms with Crippen LogP contribution < -0.4 is 4.90 Å². The first kappa shape index (κ1) is 15.8. The molecule has 1 fully saturated rings. The molecule has 6 heteroatoms. The van der Waals surface area contributed by atoms with E-state index in [0.717, 1.165) is 24.1 Å². The lowest BCUT2D eigenvalue weighted by molar-refractivity contribution is 0.0950. The molecule has 5 nitrogen and oxygen atoms in total. The maximum Gasteiger partial charge on any atom is 0.296 e. The van der Waals surface area contributed by atoms with Crippen molar-refractivity contribution in [3.05, 3.63) is 65.6 Å².